The molecule has 0 bridgehead atoms. The lowest BCUT2D eigenvalue weighted by Gasteiger charge is -2.27. The average molecular weight is 312 g/mol. The number of nitrogens with two attached hydrogens (primary N) is 1. The molecule has 0 radical (unpaired) electrons. The average Bonchev–Trinajstić information content (AvgIpc) is 2.70. The molecule has 0 spiro atoms. The van der Waals surface area contributed by atoms with Gasteiger partial charge >= 0.3 is 0 Å². The molecule has 1 heterocycles. The van der Waals surface area contributed by atoms with Gasteiger partial charge in [0.1, 0.15) is 0 Å². The first-order valence-corrected chi connectivity index (χ1v) is 7.28. The highest BCUT2D eigenvalue weighted by atomic mass is 79.9. The zero-order valence-electron chi connectivity index (χ0n) is 11.2. The second kappa shape index (κ2) is 6.04. The zero-order chi connectivity index (χ0) is 13.1. The molecule has 0 amide bonds. The fourth-order valence-electron chi connectivity index (χ4n) is 2.67. The molecule has 0 aromatic heterocycles. The summed E-state index contributed by atoms with van der Waals surface area (Å²) in [6.07, 6.45) is 2.61. The quantitative estimate of drug-likeness (QED) is 0.867. The lowest BCUT2D eigenvalue weighted by atomic mass is 10.1. The third-order valence-corrected chi connectivity index (χ3v) is 4.29. The van der Waals surface area contributed by atoms with Crippen LogP contribution in [0, 0.1) is 0 Å². The summed E-state index contributed by atoms with van der Waals surface area (Å²) in [5, 5.41) is 0. The summed E-state index contributed by atoms with van der Waals surface area (Å²) >= 11 is 3.62. The molecule has 2 rings (SSSR count). The van der Waals surface area contributed by atoms with Gasteiger partial charge in [-0.3, -0.25) is 4.90 Å². The van der Waals surface area contributed by atoms with Crippen LogP contribution in [0.1, 0.15) is 18.4 Å². The van der Waals surface area contributed by atoms with Crippen LogP contribution < -0.4 is 5.73 Å². The van der Waals surface area contributed by atoms with Gasteiger partial charge in [0.25, 0.3) is 0 Å². The second-order valence-corrected chi connectivity index (χ2v) is 6.23. The van der Waals surface area contributed by atoms with Gasteiger partial charge in [0.2, 0.25) is 0 Å². The molecule has 1 fully saturated rings. The monoisotopic (exact) mass is 311 g/mol. The Labute approximate surface area is 118 Å². The van der Waals surface area contributed by atoms with Crippen LogP contribution in [0.15, 0.2) is 22.7 Å². The third kappa shape index (κ3) is 3.46. The van der Waals surface area contributed by atoms with Crippen LogP contribution in [0.25, 0.3) is 0 Å². The van der Waals surface area contributed by atoms with Gasteiger partial charge in [-0.1, -0.05) is 15.9 Å². The van der Waals surface area contributed by atoms with Gasteiger partial charge < -0.3 is 10.6 Å². The maximum absolute atomic E-state index is 5.87. The molecule has 0 saturated carbocycles. The Morgan fingerprint density at radius 2 is 2.22 bits per heavy atom. The molecule has 0 aliphatic carbocycles. The number of likely N-dealkylation sites (tertiary alicyclic amines) is 1. The fourth-order valence-corrected chi connectivity index (χ4v) is 3.04. The maximum Gasteiger partial charge on any atom is 0.0318 e. The number of anilines is 1. The van der Waals surface area contributed by atoms with Gasteiger partial charge in [-0.05, 0) is 57.2 Å². The molecular formula is C14H22BrN3. The van der Waals surface area contributed by atoms with E-state index in [4.69, 9.17) is 5.73 Å². The lowest BCUT2D eigenvalue weighted by molar-refractivity contribution is 0.201. The summed E-state index contributed by atoms with van der Waals surface area (Å²) in [4.78, 5) is 4.84. The minimum Gasteiger partial charge on any atom is -0.399 e. The van der Waals surface area contributed by atoms with E-state index in [9.17, 15) is 0 Å². The predicted octanol–water partition coefficient (Wildman–Crippen LogP) is 2.56. The van der Waals surface area contributed by atoms with E-state index in [1.807, 2.05) is 12.1 Å². The van der Waals surface area contributed by atoms with Crippen molar-refractivity contribution in [2.45, 2.75) is 25.4 Å². The van der Waals surface area contributed by atoms with E-state index in [-0.39, 0.29) is 0 Å². The van der Waals surface area contributed by atoms with Gasteiger partial charge in [0.15, 0.2) is 0 Å². The van der Waals surface area contributed by atoms with Gasteiger partial charge in [0, 0.05) is 29.3 Å². The van der Waals surface area contributed by atoms with Crippen molar-refractivity contribution in [2.24, 2.45) is 0 Å². The van der Waals surface area contributed by atoms with Crippen molar-refractivity contribution in [3.05, 3.63) is 28.2 Å². The minimum atomic E-state index is 0.674. The molecule has 18 heavy (non-hydrogen) atoms. The summed E-state index contributed by atoms with van der Waals surface area (Å²) in [6, 6.07) is 6.74. The van der Waals surface area contributed by atoms with E-state index < -0.39 is 0 Å². The number of nitrogen functional groups attached to an aromatic ring is 1. The number of halogens is 1. The molecular weight excluding hydrogens is 290 g/mol. The van der Waals surface area contributed by atoms with Crippen molar-refractivity contribution < 1.29 is 0 Å². The van der Waals surface area contributed by atoms with Crippen LogP contribution in [0.5, 0.6) is 0 Å². The number of benzene rings is 1. The molecule has 2 N–H and O–H groups in total. The van der Waals surface area contributed by atoms with E-state index in [1.165, 1.54) is 24.9 Å². The van der Waals surface area contributed by atoms with Crippen molar-refractivity contribution in [3.63, 3.8) is 0 Å². The standard InChI is InChI=1S/C14H22BrN3/c1-17(2)10-13-4-3-7-18(13)9-11-8-12(16)5-6-14(11)15/h5-6,8,13H,3-4,7,9-10,16H2,1-2H3. The highest BCUT2D eigenvalue weighted by molar-refractivity contribution is 9.10. The lowest BCUT2D eigenvalue weighted by Crippen LogP contribution is -2.37. The van der Waals surface area contributed by atoms with Crippen LogP contribution in [-0.2, 0) is 6.54 Å². The normalized spacial score (nSPS) is 20.8. The number of nitrogens with zero attached hydrogens (tertiary/aromatic N) is 2. The van der Waals surface area contributed by atoms with Crippen molar-refractivity contribution >= 4 is 21.6 Å². The van der Waals surface area contributed by atoms with Crippen molar-refractivity contribution in [1.82, 2.24) is 9.80 Å². The number of hydrogen-bond acceptors (Lipinski definition) is 3. The number of rotatable bonds is 4. The summed E-state index contributed by atoms with van der Waals surface area (Å²) in [6.45, 7) is 3.32. The Bertz CT molecular complexity index is 406. The van der Waals surface area contributed by atoms with Crippen LogP contribution in [0.3, 0.4) is 0 Å². The fraction of sp³-hybridized carbons (Fsp3) is 0.571. The summed E-state index contributed by atoms with van der Waals surface area (Å²) < 4.78 is 1.16. The van der Waals surface area contributed by atoms with E-state index in [0.717, 1.165) is 23.2 Å². The second-order valence-electron chi connectivity index (χ2n) is 5.38. The molecule has 4 heteroatoms. The minimum absolute atomic E-state index is 0.674. The van der Waals surface area contributed by atoms with Crippen LogP contribution in [0.4, 0.5) is 5.69 Å². The van der Waals surface area contributed by atoms with Crippen molar-refractivity contribution in [1.29, 1.82) is 0 Å². The molecule has 3 nitrogen and oxygen atoms in total. The Morgan fingerprint density at radius 3 is 2.94 bits per heavy atom. The predicted molar refractivity (Wildman–Crippen MR) is 80.5 cm³/mol. The molecule has 1 aromatic carbocycles. The van der Waals surface area contributed by atoms with Crippen molar-refractivity contribution in [2.75, 3.05) is 32.9 Å². The van der Waals surface area contributed by atoms with E-state index in [1.54, 1.807) is 0 Å². The van der Waals surface area contributed by atoms with E-state index >= 15 is 0 Å². The molecule has 1 aliphatic heterocycles. The molecule has 1 atom stereocenters. The SMILES string of the molecule is CN(C)CC1CCCN1Cc1cc(N)ccc1Br. The molecule has 1 aromatic rings. The maximum atomic E-state index is 5.87. The first-order chi connectivity index (χ1) is 8.56. The Balaban J connectivity index is 2.05. The molecule has 1 saturated heterocycles. The Hall–Kier alpha value is -0.580. The Kier molecular flexibility index (Phi) is 4.65. The van der Waals surface area contributed by atoms with Crippen molar-refractivity contribution in [3.8, 4) is 0 Å². The topological polar surface area (TPSA) is 32.5 Å². The molecule has 100 valence electrons. The Morgan fingerprint density at radius 1 is 1.44 bits per heavy atom. The summed E-state index contributed by atoms with van der Waals surface area (Å²) in [5.74, 6) is 0. The zero-order valence-corrected chi connectivity index (χ0v) is 12.8. The smallest absolute Gasteiger partial charge is 0.0318 e. The van der Waals surface area contributed by atoms with Crippen LogP contribution in [0.2, 0.25) is 0 Å². The largest absolute Gasteiger partial charge is 0.399 e. The summed E-state index contributed by atoms with van der Waals surface area (Å²) in [7, 11) is 4.29. The molecule has 1 unspecified atom stereocenters. The number of hydrogen-bond donors (Lipinski definition) is 1. The first kappa shape index (κ1) is 13.8. The van der Waals surface area contributed by atoms with Crippen LogP contribution in [-0.4, -0.2) is 43.0 Å². The highest BCUT2D eigenvalue weighted by Crippen LogP contribution is 2.25. The van der Waals surface area contributed by atoms with Crippen LogP contribution >= 0.6 is 15.9 Å². The van der Waals surface area contributed by atoms with E-state index in [2.05, 4.69) is 45.9 Å². The van der Waals surface area contributed by atoms with Gasteiger partial charge in [-0.15, -0.1) is 0 Å². The van der Waals surface area contributed by atoms with Gasteiger partial charge in [-0.2, -0.15) is 0 Å². The third-order valence-electron chi connectivity index (χ3n) is 3.52. The summed E-state index contributed by atoms with van der Waals surface area (Å²) in [5.41, 5.74) is 8.01. The first-order valence-electron chi connectivity index (χ1n) is 6.49. The van der Waals surface area contributed by atoms with Gasteiger partial charge in [0.05, 0.1) is 0 Å². The van der Waals surface area contributed by atoms with Gasteiger partial charge in [-0.25, -0.2) is 0 Å². The number of likely N-dealkylation sites (N-methyl/N-ethyl adjacent to an activating group) is 1. The molecule has 1 aliphatic rings. The highest BCUT2D eigenvalue weighted by Gasteiger charge is 2.25. The van der Waals surface area contributed by atoms with E-state index in [0.29, 0.717) is 6.04 Å².